The fraction of sp³-hybridized carbons (Fsp3) is 0.963. The smallest absolute Gasteiger partial charge is 0.328 e. The lowest BCUT2D eigenvalue weighted by Gasteiger charge is -2.24. The van der Waals surface area contributed by atoms with Crippen LogP contribution in [0.2, 0.25) is 0 Å². The Kier molecular flexibility index (Phi) is 21.3. The average Bonchev–Trinajstić information content (AvgIpc) is 2.78. The van der Waals surface area contributed by atoms with E-state index in [4.69, 9.17) is 14.0 Å². The van der Waals surface area contributed by atoms with Gasteiger partial charge in [0.25, 0.3) is 0 Å². The molecule has 0 aliphatic carbocycles. The van der Waals surface area contributed by atoms with Crippen molar-refractivity contribution in [1.29, 1.82) is 0 Å². The first-order valence-electron chi connectivity index (χ1n) is 14.1. The van der Waals surface area contributed by atoms with Crippen molar-refractivity contribution in [1.82, 2.24) is 0 Å². The van der Waals surface area contributed by atoms with Crippen molar-refractivity contribution in [2.45, 2.75) is 116 Å². The summed E-state index contributed by atoms with van der Waals surface area (Å²) in [6.45, 7) is 5.42. The second-order valence-electron chi connectivity index (χ2n) is 10.8. The van der Waals surface area contributed by atoms with Gasteiger partial charge in [-0.3, -0.25) is 9.36 Å². The number of carbonyl (C=O) groups excluding carboxylic acids is 1. The number of carbonyl (C=O) groups is 1. The average molecular weight is 523 g/mol. The summed E-state index contributed by atoms with van der Waals surface area (Å²) in [5.41, 5.74) is 0. The summed E-state index contributed by atoms with van der Waals surface area (Å²) in [4.78, 5) is 21.8. The van der Waals surface area contributed by atoms with E-state index in [0.29, 0.717) is 13.0 Å². The van der Waals surface area contributed by atoms with Gasteiger partial charge in [-0.25, -0.2) is 0 Å². The van der Waals surface area contributed by atoms with E-state index in [1.165, 1.54) is 70.6 Å². The first-order valence-corrected chi connectivity index (χ1v) is 15.9. The normalized spacial score (nSPS) is 14.6. The lowest BCUT2D eigenvalue weighted by atomic mass is 10.0. The summed E-state index contributed by atoms with van der Waals surface area (Å²) in [6, 6.07) is 0. The van der Waals surface area contributed by atoms with Crippen LogP contribution in [0.5, 0.6) is 0 Å². The third-order valence-electron chi connectivity index (χ3n) is 6.01. The molecule has 0 fully saturated rings. The monoisotopic (exact) mass is 522 g/mol. The zero-order valence-electron chi connectivity index (χ0n) is 23.6. The summed E-state index contributed by atoms with van der Waals surface area (Å²) in [7, 11) is 2.40. The van der Waals surface area contributed by atoms with Crippen molar-refractivity contribution in [2.24, 2.45) is 0 Å². The summed E-state index contributed by atoms with van der Waals surface area (Å²) in [5, 5.41) is 0. The number of ether oxygens (including phenoxy) is 2. The van der Waals surface area contributed by atoms with Crippen LogP contribution in [0.3, 0.4) is 0 Å². The van der Waals surface area contributed by atoms with Crippen LogP contribution in [0.25, 0.3) is 0 Å². The van der Waals surface area contributed by atoms with E-state index in [2.05, 4.69) is 6.92 Å². The molecule has 2 unspecified atom stereocenters. The molecule has 0 heterocycles. The topological polar surface area (TPSA) is 82.1 Å². The quantitative estimate of drug-likeness (QED) is 0.0621. The third-order valence-corrected chi connectivity index (χ3v) is 7.45. The van der Waals surface area contributed by atoms with Crippen LogP contribution in [-0.4, -0.2) is 75.1 Å². The Bertz CT molecular complexity index is 552. The van der Waals surface area contributed by atoms with Gasteiger partial charge in [0.05, 0.1) is 47.1 Å². The fourth-order valence-corrected chi connectivity index (χ4v) is 4.90. The van der Waals surface area contributed by atoms with Gasteiger partial charge in [-0.1, -0.05) is 90.9 Å². The molecule has 1 N–H and O–H groups in total. The second kappa shape index (κ2) is 21.6. The predicted octanol–water partition coefficient (Wildman–Crippen LogP) is 6.71. The number of nitrogens with zero attached hydrogens (tertiary/aromatic N) is 1. The van der Waals surface area contributed by atoms with E-state index in [0.717, 1.165) is 23.9 Å². The molecule has 0 aromatic rings. The minimum atomic E-state index is -3.72. The number of rotatable bonds is 25. The predicted molar refractivity (Wildman–Crippen MR) is 145 cm³/mol. The Hall–Kier alpha value is -0.460. The molecule has 8 heteroatoms. The molecule has 0 saturated carbocycles. The van der Waals surface area contributed by atoms with Crippen LogP contribution in [0.15, 0.2) is 0 Å². The van der Waals surface area contributed by atoms with Gasteiger partial charge in [0.2, 0.25) is 0 Å². The summed E-state index contributed by atoms with van der Waals surface area (Å²) < 4.78 is 29.4. The highest BCUT2D eigenvalue weighted by atomic mass is 31.2. The van der Waals surface area contributed by atoms with Crippen LogP contribution in [0.4, 0.5) is 0 Å². The van der Waals surface area contributed by atoms with Crippen LogP contribution in [-0.2, 0) is 23.4 Å². The Morgan fingerprint density at radius 2 is 1.31 bits per heavy atom. The van der Waals surface area contributed by atoms with Crippen LogP contribution < -0.4 is 0 Å². The van der Waals surface area contributed by atoms with Crippen molar-refractivity contribution in [3.05, 3.63) is 0 Å². The van der Waals surface area contributed by atoms with Gasteiger partial charge < -0.3 is 23.4 Å². The highest BCUT2D eigenvalue weighted by Gasteiger charge is 2.24. The molecule has 0 rings (SSSR count). The van der Waals surface area contributed by atoms with Crippen molar-refractivity contribution in [3.8, 4) is 0 Å². The summed E-state index contributed by atoms with van der Waals surface area (Å²) in [5.74, 6) is -0.360. The van der Waals surface area contributed by atoms with Gasteiger partial charge in [0.1, 0.15) is 6.10 Å². The van der Waals surface area contributed by atoms with E-state index < -0.39 is 13.7 Å². The third kappa shape index (κ3) is 25.0. The lowest BCUT2D eigenvalue weighted by molar-refractivity contribution is -0.870. The first kappa shape index (κ1) is 34.5. The molecule has 7 nitrogen and oxygen atoms in total. The Labute approximate surface area is 216 Å². The van der Waals surface area contributed by atoms with Crippen molar-refractivity contribution < 1.29 is 32.7 Å². The van der Waals surface area contributed by atoms with Gasteiger partial charge in [-0.2, -0.15) is 0 Å². The molecule has 210 valence electrons. The molecule has 0 aliphatic heterocycles. The molecule has 0 aliphatic rings. The zero-order valence-corrected chi connectivity index (χ0v) is 24.5. The SMILES string of the molecule is CCCCCCCCCCCCCCCOCC(COP(=O)(O)CCC[N+](C)(C)C)OC(=O)CC. The highest BCUT2D eigenvalue weighted by molar-refractivity contribution is 7.52. The molecule has 35 heavy (non-hydrogen) atoms. The Morgan fingerprint density at radius 1 is 0.800 bits per heavy atom. The fourth-order valence-electron chi connectivity index (χ4n) is 3.83. The Balaban J connectivity index is 3.91. The van der Waals surface area contributed by atoms with Crippen molar-refractivity contribution >= 4 is 13.6 Å². The van der Waals surface area contributed by atoms with E-state index in [9.17, 15) is 14.3 Å². The van der Waals surface area contributed by atoms with Crippen LogP contribution >= 0.6 is 7.60 Å². The Morgan fingerprint density at radius 3 is 1.80 bits per heavy atom. The summed E-state index contributed by atoms with van der Waals surface area (Å²) >= 11 is 0. The molecular formula is C27H57NO6P+. The molecule has 0 bridgehead atoms. The molecule has 0 aromatic heterocycles. The number of quaternary nitrogens is 1. The van der Waals surface area contributed by atoms with E-state index >= 15 is 0 Å². The molecule has 0 aromatic carbocycles. The minimum Gasteiger partial charge on any atom is -0.457 e. The molecule has 0 spiro atoms. The maximum atomic E-state index is 12.3. The van der Waals surface area contributed by atoms with Gasteiger partial charge in [-0.05, 0) is 6.42 Å². The van der Waals surface area contributed by atoms with Crippen molar-refractivity contribution in [3.63, 3.8) is 0 Å². The first-order chi connectivity index (χ1) is 16.6. The maximum Gasteiger partial charge on any atom is 0.328 e. The standard InChI is InChI=1S/C27H56NO6P/c1-6-8-9-10-11-12-13-14-15-16-17-18-19-22-32-24-26(34-27(29)7-2)25-33-35(30,31)23-20-21-28(3,4)5/h26H,6-25H2,1-5H3/p+1. The maximum absolute atomic E-state index is 12.3. The van der Waals surface area contributed by atoms with Gasteiger partial charge in [-0.15, -0.1) is 0 Å². The molecular weight excluding hydrogens is 465 g/mol. The van der Waals surface area contributed by atoms with E-state index in [1.54, 1.807) is 6.92 Å². The van der Waals surface area contributed by atoms with Crippen LogP contribution in [0, 0.1) is 0 Å². The molecule has 0 amide bonds. The van der Waals surface area contributed by atoms with Gasteiger partial charge in [0.15, 0.2) is 0 Å². The summed E-state index contributed by atoms with van der Waals surface area (Å²) in [6.07, 6.45) is 17.2. The number of hydrogen-bond donors (Lipinski definition) is 1. The van der Waals surface area contributed by atoms with Gasteiger partial charge in [0, 0.05) is 19.4 Å². The van der Waals surface area contributed by atoms with E-state index in [1.807, 2.05) is 21.1 Å². The lowest BCUT2D eigenvalue weighted by Crippen LogP contribution is -2.35. The largest absolute Gasteiger partial charge is 0.457 e. The molecule has 2 atom stereocenters. The number of unbranched alkanes of at least 4 members (excludes halogenated alkanes) is 12. The minimum absolute atomic E-state index is 0.0940. The zero-order chi connectivity index (χ0) is 26.4. The van der Waals surface area contributed by atoms with Crippen LogP contribution in [0.1, 0.15) is 110 Å². The second-order valence-corrected chi connectivity index (χ2v) is 12.8. The van der Waals surface area contributed by atoms with Gasteiger partial charge >= 0.3 is 13.6 Å². The van der Waals surface area contributed by atoms with E-state index in [-0.39, 0.29) is 31.8 Å². The molecule has 0 radical (unpaired) electrons. The van der Waals surface area contributed by atoms with Crippen molar-refractivity contribution in [2.75, 3.05) is 53.7 Å². The number of esters is 1. The molecule has 0 saturated heterocycles. The number of hydrogen-bond acceptors (Lipinski definition) is 5. The highest BCUT2D eigenvalue weighted by Crippen LogP contribution is 2.42.